The number of fused-ring (bicyclic) bond motifs is 1. The Bertz CT molecular complexity index is 819. The van der Waals surface area contributed by atoms with Crippen molar-refractivity contribution in [3.63, 3.8) is 0 Å². The average Bonchev–Trinajstić information content (AvgIpc) is 2.94. The molecule has 2 aromatic heterocycles. The van der Waals surface area contributed by atoms with Crippen molar-refractivity contribution >= 4 is 29.1 Å². The van der Waals surface area contributed by atoms with Gasteiger partial charge in [-0.05, 0) is 6.42 Å². The van der Waals surface area contributed by atoms with Gasteiger partial charge in [-0.1, -0.05) is 0 Å². The summed E-state index contributed by atoms with van der Waals surface area (Å²) < 4.78 is 50.9. The molecule has 0 aliphatic carbocycles. The molecule has 2 heterocycles. The van der Waals surface area contributed by atoms with E-state index >= 15 is 0 Å². The lowest BCUT2D eigenvalue weighted by molar-refractivity contribution is -0.146. The van der Waals surface area contributed by atoms with Crippen LogP contribution >= 0.6 is 0 Å². The van der Waals surface area contributed by atoms with Crippen LogP contribution < -0.4 is 5.73 Å². The summed E-state index contributed by atoms with van der Waals surface area (Å²) in [5.41, 5.74) is 3.67. The van der Waals surface area contributed by atoms with Crippen molar-refractivity contribution in [2.24, 2.45) is 5.92 Å². The van der Waals surface area contributed by atoms with Gasteiger partial charge in [-0.2, -0.15) is 18.2 Å². The highest BCUT2D eigenvalue weighted by molar-refractivity contribution is 5.75. The fraction of sp³-hybridized carbons (Fsp3) is 0.533. The summed E-state index contributed by atoms with van der Waals surface area (Å²) in [7, 11) is 0. The van der Waals surface area contributed by atoms with Crippen LogP contribution in [0.2, 0.25) is 0 Å². The lowest BCUT2D eigenvalue weighted by Crippen LogP contribution is -2.21. The van der Waals surface area contributed by atoms with Crippen molar-refractivity contribution in [2.45, 2.75) is 33.0 Å². The predicted molar refractivity (Wildman–Crippen MR) is 86.1 cm³/mol. The van der Waals surface area contributed by atoms with Crippen LogP contribution in [0.4, 0.5) is 19.1 Å². The van der Waals surface area contributed by atoms with Crippen molar-refractivity contribution in [1.82, 2.24) is 19.5 Å². The van der Waals surface area contributed by atoms with E-state index in [0.717, 1.165) is 0 Å². The molecule has 0 bridgehead atoms. The molecular weight excluding hydrogens is 371 g/mol. The third kappa shape index (κ3) is 5.53. The van der Waals surface area contributed by atoms with Gasteiger partial charge in [-0.3, -0.25) is 9.59 Å². The molecule has 0 aromatic carbocycles. The molecule has 0 aliphatic heterocycles. The molecule has 0 radical (unpaired) electrons. The quantitative estimate of drug-likeness (QED) is 0.708. The van der Waals surface area contributed by atoms with Crippen molar-refractivity contribution in [3.8, 4) is 0 Å². The van der Waals surface area contributed by atoms with Crippen molar-refractivity contribution in [1.29, 1.82) is 0 Å². The maximum Gasteiger partial charge on any atom is 0.435 e. The van der Waals surface area contributed by atoms with E-state index < -0.39 is 35.7 Å². The number of nitrogen functional groups attached to an aromatic ring is 1. The topological polar surface area (TPSA) is 122 Å². The first kappa shape index (κ1) is 20.4. The number of carbonyl (C=O) groups is 2. The highest BCUT2D eigenvalue weighted by Crippen LogP contribution is 2.33. The van der Waals surface area contributed by atoms with Crippen LogP contribution in [0, 0.1) is 5.92 Å². The van der Waals surface area contributed by atoms with Gasteiger partial charge in [-0.25, -0.2) is 9.97 Å². The Balaban J connectivity index is 2.23. The minimum absolute atomic E-state index is 0.0369. The molecule has 12 heteroatoms. The summed E-state index contributed by atoms with van der Waals surface area (Å²) in [4.78, 5) is 32.8. The van der Waals surface area contributed by atoms with Crippen LogP contribution in [-0.4, -0.2) is 44.7 Å². The predicted octanol–water partition coefficient (Wildman–Crippen LogP) is 1.56. The van der Waals surface area contributed by atoms with E-state index in [9.17, 15) is 22.8 Å². The number of imidazole rings is 1. The van der Waals surface area contributed by atoms with Gasteiger partial charge in [0.15, 0.2) is 11.3 Å². The van der Waals surface area contributed by atoms with Gasteiger partial charge in [0.1, 0.15) is 5.52 Å². The summed E-state index contributed by atoms with van der Waals surface area (Å²) in [5, 5.41) is 0. The number of nitrogens with two attached hydrogens (primary N) is 1. The van der Waals surface area contributed by atoms with E-state index in [-0.39, 0.29) is 37.3 Å². The largest absolute Gasteiger partial charge is 0.465 e. The number of ether oxygens (including phenoxy) is 2. The number of carbonyl (C=O) groups excluding carboxylic acids is 2. The summed E-state index contributed by atoms with van der Waals surface area (Å²) in [5.74, 6) is -1.96. The lowest BCUT2D eigenvalue weighted by atomic mass is 10.1. The SMILES string of the molecule is CC(=O)OCC(CCn1cnc2nc(N)nc(C(F)(F)F)c21)COC(C)=O. The van der Waals surface area contributed by atoms with Gasteiger partial charge < -0.3 is 19.8 Å². The first-order valence-corrected chi connectivity index (χ1v) is 7.90. The number of hydrogen-bond donors (Lipinski definition) is 1. The molecule has 2 aromatic rings. The van der Waals surface area contributed by atoms with E-state index in [4.69, 9.17) is 15.2 Å². The maximum absolute atomic E-state index is 13.3. The van der Waals surface area contributed by atoms with Crippen LogP contribution in [0.25, 0.3) is 11.2 Å². The fourth-order valence-corrected chi connectivity index (χ4v) is 2.37. The van der Waals surface area contributed by atoms with E-state index in [1.165, 1.54) is 24.7 Å². The molecule has 27 heavy (non-hydrogen) atoms. The van der Waals surface area contributed by atoms with Crippen LogP contribution in [0.1, 0.15) is 26.0 Å². The van der Waals surface area contributed by atoms with Crippen LogP contribution in [0.3, 0.4) is 0 Å². The van der Waals surface area contributed by atoms with Crippen molar-refractivity contribution < 1.29 is 32.2 Å². The van der Waals surface area contributed by atoms with E-state index in [1.807, 2.05) is 0 Å². The number of aryl methyl sites for hydroxylation is 1. The third-order valence-corrected chi connectivity index (χ3v) is 3.58. The van der Waals surface area contributed by atoms with Crippen molar-refractivity contribution in [2.75, 3.05) is 18.9 Å². The summed E-state index contributed by atoms with van der Waals surface area (Å²) in [6.45, 7) is 2.46. The zero-order chi connectivity index (χ0) is 20.2. The molecule has 0 saturated heterocycles. The second-order valence-electron chi connectivity index (χ2n) is 5.80. The zero-order valence-corrected chi connectivity index (χ0v) is 14.6. The number of anilines is 1. The number of hydrogen-bond acceptors (Lipinski definition) is 8. The molecule has 9 nitrogen and oxygen atoms in total. The van der Waals surface area contributed by atoms with Gasteiger partial charge in [0, 0.05) is 26.3 Å². The molecule has 0 aliphatic rings. The van der Waals surface area contributed by atoms with Crippen LogP contribution in [0.5, 0.6) is 0 Å². The first-order valence-electron chi connectivity index (χ1n) is 7.90. The highest BCUT2D eigenvalue weighted by atomic mass is 19.4. The summed E-state index contributed by atoms with van der Waals surface area (Å²) in [6, 6.07) is 0. The minimum Gasteiger partial charge on any atom is -0.465 e. The van der Waals surface area contributed by atoms with Gasteiger partial charge >= 0.3 is 18.1 Å². The molecule has 2 N–H and O–H groups in total. The van der Waals surface area contributed by atoms with Gasteiger partial charge in [-0.15, -0.1) is 0 Å². The minimum atomic E-state index is -4.73. The Labute approximate surface area is 151 Å². The molecule has 0 spiro atoms. The van der Waals surface area contributed by atoms with Crippen LogP contribution in [0.15, 0.2) is 6.33 Å². The molecule has 148 valence electrons. The Morgan fingerprint density at radius 3 is 2.30 bits per heavy atom. The monoisotopic (exact) mass is 389 g/mol. The van der Waals surface area contributed by atoms with Gasteiger partial charge in [0.25, 0.3) is 0 Å². The smallest absolute Gasteiger partial charge is 0.435 e. The number of nitrogens with zero attached hydrogens (tertiary/aromatic N) is 4. The highest BCUT2D eigenvalue weighted by Gasteiger charge is 2.37. The molecule has 0 saturated carbocycles. The Kier molecular flexibility index (Phi) is 6.18. The van der Waals surface area contributed by atoms with E-state index in [2.05, 4.69) is 15.0 Å². The normalized spacial score (nSPS) is 11.8. The number of alkyl halides is 3. The summed E-state index contributed by atoms with van der Waals surface area (Å²) in [6.07, 6.45) is -3.28. The first-order chi connectivity index (χ1) is 12.6. The third-order valence-electron chi connectivity index (χ3n) is 3.58. The van der Waals surface area contributed by atoms with Gasteiger partial charge in [0.2, 0.25) is 5.95 Å². The lowest BCUT2D eigenvalue weighted by Gasteiger charge is -2.17. The number of rotatable bonds is 7. The molecule has 2 rings (SSSR count). The number of esters is 2. The maximum atomic E-state index is 13.3. The van der Waals surface area contributed by atoms with E-state index in [0.29, 0.717) is 0 Å². The molecule has 0 fully saturated rings. The van der Waals surface area contributed by atoms with E-state index in [1.54, 1.807) is 0 Å². The molecule has 0 unspecified atom stereocenters. The molecule has 0 atom stereocenters. The number of halogens is 3. The summed E-state index contributed by atoms with van der Waals surface area (Å²) >= 11 is 0. The Hall–Kier alpha value is -2.92. The number of aromatic nitrogens is 4. The van der Waals surface area contributed by atoms with Crippen LogP contribution in [-0.2, 0) is 31.8 Å². The standard InChI is InChI=1S/C15H18F3N5O4/c1-8(24)26-5-10(6-27-9(2)25)3-4-23-7-20-13-11(23)12(15(16,17)18)21-14(19)22-13/h7,10H,3-6H2,1-2H3,(H2,19,21,22). The second kappa shape index (κ2) is 8.18. The van der Waals surface area contributed by atoms with Crippen molar-refractivity contribution in [3.05, 3.63) is 12.0 Å². The average molecular weight is 389 g/mol. The molecular formula is C15H18F3N5O4. The zero-order valence-electron chi connectivity index (χ0n) is 14.6. The Morgan fingerprint density at radius 1 is 1.19 bits per heavy atom. The molecule has 0 amide bonds. The Morgan fingerprint density at radius 2 is 1.78 bits per heavy atom. The van der Waals surface area contributed by atoms with Gasteiger partial charge in [0.05, 0.1) is 19.5 Å². The second-order valence-corrected chi connectivity index (χ2v) is 5.80. The fourth-order valence-electron chi connectivity index (χ4n) is 2.37.